The van der Waals surface area contributed by atoms with Gasteiger partial charge in [-0.1, -0.05) is 23.4 Å². The zero-order valence-corrected chi connectivity index (χ0v) is 12.8. The van der Waals surface area contributed by atoms with Crippen LogP contribution in [0.4, 0.5) is 0 Å². The number of hydrogen-bond acceptors (Lipinski definition) is 6. The predicted molar refractivity (Wildman–Crippen MR) is 89.0 cm³/mol. The molecule has 3 heterocycles. The summed E-state index contributed by atoms with van der Waals surface area (Å²) < 4.78 is 12.5. The topological polar surface area (TPSA) is 103 Å². The number of nitrogens with one attached hydrogen (secondary N) is 1. The fourth-order valence-electron chi connectivity index (χ4n) is 2.86. The van der Waals surface area contributed by atoms with Gasteiger partial charge in [-0.3, -0.25) is 4.98 Å². The molecule has 1 N–H and O–H groups in total. The first-order valence-corrected chi connectivity index (χ1v) is 7.62. The van der Waals surface area contributed by atoms with E-state index in [1.807, 2.05) is 28.8 Å². The summed E-state index contributed by atoms with van der Waals surface area (Å²) in [5.41, 5.74) is 3.46. The van der Waals surface area contributed by atoms with Gasteiger partial charge in [0, 0.05) is 0 Å². The number of H-pyrrole nitrogens is 1. The van der Waals surface area contributed by atoms with Crippen molar-refractivity contribution in [3.05, 3.63) is 65.2 Å². The molecule has 0 unspecified atom stereocenters. The minimum absolute atomic E-state index is 0.299. The normalized spacial score (nSPS) is 11.5. The summed E-state index contributed by atoms with van der Waals surface area (Å²) in [4.78, 5) is 22.8. The molecule has 25 heavy (non-hydrogen) atoms. The van der Waals surface area contributed by atoms with Crippen molar-refractivity contribution in [2.75, 3.05) is 0 Å². The zero-order chi connectivity index (χ0) is 16.8. The SMILES string of the molecule is O=c1[nH]c2cccc(-c3nc(Cn4cnc5ccccc54)no3)c2o1. The number of aromatic amines is 1. The largest absolute Gasteiger partial charge is 0.417 e. The highest BCUT2D eigenvalue weighted by Crippen LogP contribution is 2.26. The van der Waals surface area contributed by atoms with Crippen molar-refractivity contribution in [3.8, 4) is 11.5 Å². The minimum atomic E-state index is -0.521. The van der Waals surface area contributed by atoms with Gasteiger partial charge < -0.3 is 13.5 Å². The van der Waals surface area contributed by atoms with Crippen LogP contribution in [0.3, 0.4) is 0 Å². The van der Waals surface area contributed by atoms with Crippen LogP contribution in [0.15, 0.2) is 62.5 Å². The molecule has 0 radical (unpaired) electrons. The highest BCUT2D eigenvalue weighted by molar-refractivity contribution is 5.87. The lowest BCUT2D eigenvalue weighted by Crippen LogP contribution is -1.99. The van der Waals surface area contributed by atoms with Gasteiger partial charge in [0.1, 0.15) is 0 Å². The highest BCUT2D eigenvalue weighted by Gasteiger charge is 2.16. The Hall–Kier alpha value is -3.68. The van der Waals surface area contributed by atoms with Crippen molar-refractivity contribution in [1.82, 2.24) is 24.7 Å². The van der Waals surface area contributed by atoms with Gasteiger partial charge in [0.05, 0.1) is 35.0 Å². The van der Waals surface area contributed by atoms with Gasteiger partial charge in [0.15, 0.2) is 11.4 Å². The summed E-state index contributed by atoms with van der Waals surface area (Å²) in [5, 5.41) is 4.02. The van der Waals surface area contributed by atoms with E-state index in [1.54, 1.807) is 24.5 Å². The Morgan fingerprint density at radius 1 is 1.12 bits per heavy atom. The molecule has 122 valence electrons. The molecule has 8 nitrogen and oxygen atoms in total. The molecule has 0 amide bonds. The van der Waals surface area contributed by atoms with E-state index in [4.69, 9.17) is 8.94 Å². The average Bonchev–Trinajstić information content (AvgIpc) is 3.33. The van der Waals surface area contributed by atoms with Gasteiger partial charge in [-0.2, -0.15) is 4.98 Å². The molecule has 0 fully saturated rings. The van der Waals surface area contributed by atoms with Crippen molar-refractivity contribution < 1.29 is 8.94 Å². The van der Waals surface area contributed by atoms with Gasteiger partial charge >= 0.3 is 5.76 Å². The maximum absolute atomic E-state index is 11.4. The van der Waals surface area contributed by atoms with Crippen molar-refractivity contribution in [2.24, 2.45) is 0 Å². The first-order valence-electron chi connectivity index (χ1n) is 7.62. The molecule has 3 aromatic heterocycles. The second-order valence-corrected chi connectivity index (χ2v) is 5.57. The van der Waals surface area contributed by atoms with Crippen molar-refractivity contribution >= 4 is 22.1 Å². The fraction of sp³-hybridized carbons (Fsp3) is 0.0588. The van der Waals surface area contributed by atoms with Crippen LogP contribution in [0.25, 0.3) is 33.6 Å². The van der Waals surface area contributed by atoms with Crippen LogP contribution in [0.2, 0.25) is 0 Å². The number of oxazole rings is 1. The van der Waals surface area contributed by atoms with Crippen LogP contribution in [0.1, 0.15) is 5.82 Å². The third kappa shape index (κ3) is 2.23. The molecule has 8 heteroatoms. The van der Waals surface area contributed by atoms with Gasteiger partial charge in [-0.05, 0) is 24.3 Å². The van der Waals surface area contributed by atoms with Gasteiger partial charge in [0.25, 0.3) is 5.89 Å². The molecule has 0 saturated heterocycles. The van der Waals surface area contributed by atoms with Crippen molar-refractivity contribution in [1.29, 1.82) is 0 Å². The molecular weight excluding hydrogens is 322 g/mol. The Balaban J connectivity index is 1.54. The van der Waals surface area contributed by atoms with E-state index in [9.17, 15) is 4.79 Å². The molecule has 2 aromatic carbocycles. The maximum Gasteiger partial charge on any atom is 0.417 e. The third-order valence-electron chi connectivity index (χ3n) is 3.98. The second kappa shape index (κ2) is 5.17. The van der Waals surface area contributed by atoms with Crippen LogP contribution in [0.5, 0.6) is 0 Å². The van der Waals surface area contributed by atoms with E-state index in [2.05, 4.69) is 20.1 Å². The molecule has 0 aliphatic heterocycles. The number of fused-ring (bicyclic) bond motifs is 2. The molecular formula is C17H11N5O3. The number of hydrogen-bond donors (Lipinski definition) is 1. The van der Waals surface area contributed by atoms with Crippen LogP contribution in [-0.4, -0.2) is 24.7 Å². The van der Waals surface area contributed by atoms with E-state index >= 15 is 0 Å². The smallest absolute Gasteiger partial charge is 0.407 e. The number of aromatic nitrogens is 5. The highest BCUT2D eigenvalue weighted by atomic mass is 16.5. The summed E-state index contributed by atoms with van der Waals surface area (Å²) in [7, 11) is 0. The quantitative estimate of drug-likeness (QED) is 0.544. The van der Waals surface area contributed by atoms with Gasteiger partial charge in [0.2, 0.25) is 0 Å². The first kappa shape index (κ1) is 13.7. The molecule has 0 bridgehead atoms. The molecule has 0 saturated carbocycles. The summed E-state index contributed by atoms with van der Waals surface area (Å²) in [5.74, 6) is 0.285. The Labute approximate surface area is 139 Å². The van der Waals surface area contributed by atoms with E-state index in [-0.39, 0.29) is 0 Å². The third-order valence-corrected chi connectivity index (χ3v) is 3.98. The van der Waals surface area contributed by atoms with E-state index in [0.29, 0.717) is 34.9 Å². The number of nitrogens with zero attached hydrogens (tertiary/aromatic N) is 4. The van der Waals surface area contributed by atoms with E-state index in [1.165, 1.54) is 0 Å². The molecule has 0 atom stereocenters. The standard InChI is InChI=1S/C17H11N5O3/c23-17-19-12-6-3-4-10(15(12)24-17)16-20-14(21-25-16)8-22-9-18-11-5-1-2-7-13(11)22/h1-7,9H,8H2,(H,19,23). The fourth-order valence-corrected chi connectivity index (χ4v) is 2.86. The van der Waals surface area contributed by atoms with Crippen LogP contribution >= 0.6 is 0 Å². The number of para-hydroxylation sites is 3. The van der Waals surface area contributed by atoms with Crippen LogP contribution in [0, 0.1) is 0 Å². The van der Waals surface area contributed by atoms with Crippen molar-refractivity contribution in [2.45, 2.75) is 6.54 Å². The van der Waals surface area contributed by atoms with Crippen LogP contribution in [-0.2, 0) is 6.54 Å². The molecule has 5 aromatic rings. The lowest BCUT2D eigenvalue weighted by Gasteiger charge is -1.99. The molecule has 5 rings (SSSR count). The van der Waals surface area contributed by atoms with Gasteiger partial charge in [-0.15, -0.1) is 0 Å². The predicted octanol–water partition coefficient (Wildman–Crippen LogP) is 2.57. The molecule has 0 aliphatic carbocycles. The Morgan fingerprint density at radius 3 is 3.00 bits per heavy atom. The average molecular weight is 333 g/mol. The second-order valence-electron chi connectivity index (χ2n) is 5.57. The number of benzene rings is 2. The summed E-state index contributed by atoms with van der Waals surface area (Å²) in [6.07, 6.45) is 1.74. The zero-order valence-electron chi connectivity index (χ0n) is 12.8. The Bertz CT molecular complexity index is 1260. The lowest BCUT2D eigenvalue weighted by atomic mass is 10.2. The van der Waals surface area contributed by atoms with Crippen molar-refractivity contribution in [3.63, 3.8) is 0 Å². The summed E-state index contributed by atoms with van der Waals surface area (Å²) in [6, 6.07) is 13.1. The molecule has 0 spiro atoms. The maximum atomic E-state index is 11.4. The summed E-state index contributed by atoms with van der Waals surface area (Å²) >= 11 is 0. The summed E-state index contributed by atoms with van der Waals surface area (Å²) in [6.45, 7) is 0.428. The van der Waals surface area contributed by atoms with E-state index in [0.717, 1.165) is 11.0 Å². The number of rotatable bonds is 3. The lowest BCUT2D eigenvalue weighted by molar-refractivity contribution is 0.420. The Morgan fingerprint density at radius 2 is 2.04 bits per heavy atom. The first-order chi connectivity index (χ1) is 12.3. The minimum Gasteiger partial charge on any atom is -0.407 e. The molecule has 0 aliphatic rings. The van der Waals surface area contributed by atoms with Crippen LogP contribution < -0.4 is 5.76 Å². The number of imidazole rings is 1. The monoisotopic (exact) mass is 333 g/mol. The van der Waals surface area contributed by atoms with Gasteiger partial charge in [-0.25, -0.2) is 9.78 Å². The van der Waals surface area contributed by atoms with E-state index < -0.39 is 5.76 Å². The Kier molecular flexibility index (Phi) is 2.84.